The van der Waals surface area contributed by atoms with Crippen molar-refractivity contribution in [2.75, 3.05) is 5.32 Å². The Hall–Kier alpha value is -2.67. The maximum absolute atomic E-state index is 12.3. The summed E-state index contributed by atoms with van der Waals surface area (Å²) in [6.07, 6.45) is 4.87. The molecule has 0 saturated heterocycles. The first kappa shape index (κ1) is 14.3. The molecule has 7 heteroatoms. The van der Waals surface area contributed by atoms with Crippen LogP contribution in [-0.4, -0.2) is 25.8 Å². The number of nitrogens with zero attached hydrogens (tertiary/aromatic N) is 4. The third kappa shape index (κ3) is 3.15. The molecule has 110 valence electrons. The second-order valence-corrected chi connectivity index (χ2v) is 5.62. The van der Waals surface area contributed by atoms with Crippen LogP contribution in [0.1, 0.15) is 21.9 Å². The number of pyridine rings is 1. The highest BCUT2D eigenvalue weighted by atomic mass is 32.1. The van der Waals surface area contributed by atoms with Crippen LogP contribution in [0.2, 0.25) is 0 Å². The summed E-state index contributed by atoms with van der Waals surface area (Å²) in [7, 11) is 0. The van der Waals surface area contributed by atoms with Crippen LogP contribution in [0.3, 0.4) is 0 Å². The second kappa shape index (κ2) is 5.98. The number of carbonyl (C=O) groups excluding carboxylic acids is 1. The monoisotopic (exact) mass is 311 g/mol. The average Bonchev–Trinajstić information content (AvgIpc) is 2.92. The highest BCUT2D eigenvalue weighted by molar-refractivity contribution is 7.13. The molecular weight excluding hydrogens is 298 g/mol. The van der Waals surface area contributed by atoms with Gasteiger partial charge in [-0.2, -0.15) is 0 Å². The number of aromatic nitrogens is 4. The van der Waals surface area contributed by atoms with Crippen molar-refractivity contribution in [3.8, 4) is 11.1 Å². The zero-order chi connectivity index (χ0) is 15.5. The normalized spacial score (nSPS) is 10.5. The van der Waals surface area contributed by atoms with E-state index in [1.54, 1.807) is 18.5 Å². The molecule has 0 aliphatic carbocycles. The fraction of sp³-hybridized carbons (Fsp3) is 0.133. The minimum Gasteiger partial charge on any atom is -0.296 e. The molecule has 3 rings (SSSR count). The van der Waals surface area contributed by atoms with Gasteiger partial charge in [-0.05, 0) is 31.5 Å². The summed E-state index contributed by atoms with van der Waals surface area (Å²) in [6.45, 7) is 3.72. The molecule has 1 N–H and O–H groups in total. The molecule has 0 saturated carbocycles. The number of aryl methyl sites for hydroxylation is 2. The predicted molar refractivity (Wildman–Crippen MR) is 84.8 cm³/mol. The number of nitrogens with one attached hydrogen (secondary N) is 1. The molecule has 6 nitrogen and oxygen atoms in total. The van der Waals surface area contributed by atoms with Crippen molar-refractivity contribution in [2.24, 2.45) is 0 Å². The lowest BCUT2D eigenvalue weighted by Gasteiger charge is -2.06. The van der Waals surface area contributed by atoms with Gasteiger partial charge >= 0.3 is 0 Å². The molecule has 0 radical (unpaired) electrons. The van der Waals surface area contributed by atoms with Crippen LogP contribution in [0.15, 0.2) is 36.2 Å². The lowest BCUT2D eigenvalue weighted by Crippen LogP contribution is -2.14. The van der Waals surface area contributed by atoms with E-state index in [2.05, 4.69) is 25.3 Å². The van der Waals surface area contributed by atoms with Gasteiger partial charge in [-0.1, -0.05) is 0 Å². The van der Waals surface area contributed by atoms with Crippen LogP contribution in [0.4, 0.5) is 5.13 Å². The Bertz CT molecular complexity index is 816. The lowest BCUT2D eigenvalue weighted by atomic mass is 10.1. The predicted octanol–water partition coefficient (Wildman–Crippen LogP) is 2.86. The topological polar surface area (TPSA) is 80.7 Å². The van der Waals surface area contributed by atoms with Gasteiger partial charge < -0.3 is 0 Å². The minimum atomic E-state index is -0.281. The van der Waals surface area contributed by atoms with Gasteiger partial charge in [0, 0.05) is 29.0 Å². The highest BCUT2D eigenvalue weighted by Crippen LogP contribution is 2.20. The van der Waals surface area contributed by atoms with Gasteiger partial charge in [0.05, 0.1) is 5.69 Å². The van der Waals surface area contributed by atoms with Gasteiger partial charge in [-0.25, -0.2) is 19.9 Å². The zero-order valence-corrected chi connectivity index (χ0v) is 12.9. The molecule has 22 heavy (non-hydrogen) atoms. The van der Waals surface area contributed by atoms with E-state index < -0.39 is 0 Å². The molecule has 0 atom stereocenters. The zero-order valence-electron chi connectivity index (χ0n) is 12.1. The Morgan fingerprint density at radius 3 is 2.50 bits per heavy atom. The number of hydrogen-bond acceptors (Lipinski definition) is 6. The fourth-order valence-electron chi connectivity index (χ4n) is 1.97. The van der Waals surface area contributed by atoms with Crippen LogP contribution in [0, 0.1) is 13.8 Å². The summed E-state index contributed by atoms with van der Waals surface area (Å²) >= 11 is 1.39. The van der Waals surface area contributed by atoms with Crippen LogP contribution >= 0.6 is 11.3 Å². The van der Waals surface area contributed by atoms with Gasteiger partial charge in [0.25, 0.3) is 5.91 Å². The van der Waals surface area contributed by atoms with E-state index in [4.69, 9.17) is 0 Å². The molecule has 3 aromatic heterocycles. The molecule has 0 aromatic carbocycles. The summed E-state index contributed by atoms with van der Waals surface area (Å²) < 4.78 is 0. The second-order valence-electron chi connectivity index (χ2n) is 4.76. The molecule has 0 spiro atoms. The molecule has 3 heterocycles. The van der Waals surface area contributed by atoms with Crippen LogP contribution in [-0.2, 0) is 0 Å². The Balaban J connectivity index is 1.90. The first-order chi connectivity index (χ1) is 10.6. The minimum absolute atomic E-state index is 0.281. The van der Waals surface area contributed by atoms with E-state index in [0.29, 0.717) is 10.8 Å². The highest BCUT2D eigenvalue weighted by Gasteiger charge is 2.12. The van der Waals surface area contributed by atoms with E-state index in [9.17, 15) is 4.79 Å². The molecule has 0 unspecified atom stereocenters. The summed E-state index contributed by atoms with van der Waals surface area (Å²) in [4.78, 5) is 28.8. The van der Waals surface area contributed by atoms with Gasteiger partial charge in [0.15, 0.2) is 5.13 Å². The first-order valence-electron chi connectivity index (χ1n) is 6.59. The van der Waals surface area contributed by atoms with Crippen molar-refractivity contribution < 1.29 is 4.79 Å². The molecule has 3 aromatic rings. The molecule has 0 fully saturated rings. The number of carbonyl (C=O) groups is 1. The average molecular weight is 311 g/mol. The van der Waals surface area contributed by atoms with Crippen molar-refractivity contribution in [3.05, 3.63) is 53.3 Å². The van der Waals surface area contributed by atoms with Gasteiger partial charge in [0.2, 0.25) is 0 Å². The first-order valence-corrected chi connectivity index (χ1v) is 7.47. The third-order valence-electron chi connectivity index (χ3n) is 2.92. The number of anilines is 1. The van der Waals surface area contributed by atoms with Gasteiger partial charge in [0.1, 0.15) is 12.0 Å². The van der Waals surface area contributed by atoms with Crippen molar-refractivity contribution >= 4 is 22.4 Å². The summed E-state index contributed by atoms with van der Waals surface area (Å²) in [5, 5.41) is 5.21. The van der Waals surface area contributed by atoms with Crippen LogP contribution < -0.4 is 5.32 Å². The Kier molecular flexibility index (Phi) is 3.88. The Labute approximate surface area is 131 Å². The smallest absolute Gasteiger partial charge is 0.276 e. The lowest BCUT2D eigenvalue weighted by molar-refractivity contribution is 0.102. The third-order valence-corrected chi connectivity index (χ3v) is 3.80. The quantitative estimate of drug-likeness (QED) is 0.804. The van der Waals surface area contributed by atoms with E-state index in [0.717, 1.165) is 22.5 Å². The Morgan fingerprint density at radius 1 is 1.05 bits per heavy atom. The molecule has 0 aliphatic rings. The van der Waals surface area contributed by atoms with Crippen molar-refractivity contribution in [1.82, 2.24) is 19.9 Å². The summed E-state index contributed by atoms with van der Waals surface area (Å²) in [5.41, 5.74) is 3.66. The molecular formula is C15H13N5OS. The number of thiazole rings is 1. The van der Waals surface area contributed by atoms with E-state index in [1.165, 1.54) is 17.7 Å². The van der Waals surface area contributed by atoms with Crippen LogP contribution in [0.25, 0.3) is 11.1 Å². The van der Waals surface area contributed by atoms with E-state index in [-0.39, 0.29) is 5.91 Å². The maximum Gasteiger partial charge on any atom is 0.276 e. The molecule has 0 bridgehead atoms. The van der Waals surface area contributed by atoms with Crippen molar-refractivity contribution in [2.45, 2.75) is 13.8 Å². The number of hydrogen-bond donors (Lipinski definition) is 1. The van der Waals surface area contributed by atoms with Crippen molar-refractivity contribution in [1.29, 1.82) is 0 Å². The van der Waals surface area contributed by atoms with Crippen LogP contribution in [0.5, 0.6) is 0 Å². The Morgan fingerprint density at radius 2 is 1.82 bits per heavy atom. The van der Waals surface area contributed by atoms with E-state index in [1.807, 2.05) is 25.3 Å². The maximum atomic E-state index is 12.3. The van der Waals surface area contributed by atoms with Gasteiger partial charge in [-0.3, -0.25) is 10.1 Å². The molecule has 0 aliphatic heterocycles. The number of amides is 1. The SMILES string of the molecule is Cc1cc(-c2cncnc2)cc(C(=O)Nc2nc(C)cs2)n1. The van der Waals surface area contributed by atoms with Gasteiger partial charge in [-0.15, -0.1) is 11.3 Å². The van der Waals surface area contributed by atoms with Crippen molar-refractivity contribution in [3.63, 3.8) is 0 Å². The largest absolute Gasteiger partial charge is 0.296 e. The number of rotatable bonds is 3. The molecule has 1 amide bonds. The summed E-state index contributed by atoms with van der Waals surface area (Å²) in [6, 6.07) is 3.62. The van der Waals surface area contributed by atoms with E-state index >= 15 is 0 Å². The standard InChI is InChI=1S/C15H13N5OS/c1-9-3-11(12-5-16-8-17-6-12)4-13(18-9)14(21)20-15-19-10(2)7-22-15/h3-8H,1-2H3,(H,19,20,21). The fourth-order valence-corrected chi connectivity index (χ4v) is 2.66. The summed E-state index contributed by atoms with van der Waals surface area (Å²) in [5.74, 6) is -0.281.